The Morgan fingerprint density at radius 2 is 2.00 bits per heavy atom. The first kappa shape index (κ1) is 12.6. The van der Waals surface area contributed by atoms with Crippen LogP contribution in [-0.4, -0.2) is 50.2 Å². The van der Waals surface area contributed by atoms with E-state index in [1.54, 1.807) is 0 Å². The maximum absolute atomic E-state index is 6.15. The van der Waals surface area contributed by atoms with E-state index in [9.17, 15) is 0 Å². The van der Waals surface area contributed by atoms with Crippen molar-refractivity contribution in [1.82, 2.24) is 9.88 Å². The van der Waals surface area contributed by atoms with Gasteiger partial charge >= 0.3 is 0 Å². The predicted octanol–water partition coefficient (Wildman–Crippen LogP) is 2.27. The number of oxazole rings is 1. The van der Waals surface area contributed by atoms with E-state index in [0.717, 1.165) is 43.0 Å². The molecule has 1 fully saturated rings. The summed E-state index contributed by atoms with van der Waals surface area (Å²) in [6, 6.07) is 4.42. The van der Waals surface area contributed by atoms with Gasteiger partial charge in [-0.25, -0.2) is 0 Å². The lowest BCUT2D eigenvalue weighted by Gasteiger charge is -2.31. The van der Waals surface area contributed by atoms with E-state index in [2.05, 4.69) is 27.1 Å². The first-order chi connectivity index (χ1) is 9.17. The van der Waals surface area contributed by atoms with Crippen molar-refractivity contribution in [3.05, 3.63) is 17.2 Å². The Morgan fingerprint density at radius 1 is 1.26 bits per heavy atom. The van der Waals surface area contributed by atoms with Crippen molar-refractivity contribution in [2.24, 2.45) is 0 Å². The number of nitrogens with zero attached hydrogens (tertiary/aromatic N) is 3. The van der Waals surface area contributed by atoms with E-state index in [0.29, 0.717) is 11.0 Å². The van der Waals surface area contributed by atoms with E-state index in [-0.39, 0.29) is 0 Å². The first-order valence-electron chi connectivity index (χ1n) is 6.38. The standard InChI is InChI=1S/C13H17ClN4O/c1-15-10-8-12-11(7-9(10)14)16-13(19-12)18-5-3-17(2)4-6-18/h7-8,15H,3-6H2,1-2H3. The number of halogens is 1. The fraction of sp³-hybridized carbons (Fsp3) is 0.462. The summed E-state index contributed by atoms with van der Waals surface area (Å²) in [6.07, 6.45) is 0. The molecule has 19 heavy (non-hydrogen) atoms. The largest absolute Gasteiger partial charge is 0.423 e. The SMILES string of the molecule is CNc1cc2oc(N3CCN(C)CC3)nc2cc1Cl. The Morgan fingerprint density at radius 3 is 2.68 bits per heavy atom. The normalized spacial score (nSPS) is 17.1. The molecule has 102 valence electrons. The Labute approximate surface area is 117 Å². The first-order valence-corrected chi connectivity index (χ1v) is 6.76. The van der Waals surface area contributed by atoms with Crippen molar-refractivity contribution in [2.75, 3.05) is 50.5 Å². The number of fused-ring (bicyclic) bond motifs is 1. The highest BCUT2D eigenvalue weighted by Gasteiger charge is 2.19. The van der Waals surface area contributed by atoms with Gasteiger partial charge in [0.2, 0.25) is 0 Å². The van der Waals surface area contributed by atoms with Gasteiger partial charge in [-0.3, -0.25) is 0 Å². The molecule has 0 amide bonds. The number of piperazine rings is 1. The average molecular weight is 281 g/mol. The van der Waals surface area contributed by atoms with Crippen LogP contribution < -0.4 is 10.2 Å². The molecule has 0 bridgehead atoms. The second kappa shape index (κ2) is 4.90. The Kier molecular flexibility index (Phi) is 3.24. The van der Waals surface area contributed by atoms with Crippen LogP contribution in [0.3, 0.4) is 0 Å². The lowest BCUT2D eigenvalue weighted by Crippen LogP contribution is -2.44. The molecule has 1 aromatic heterocycles. The van der Waals surface area contributed by atoms with Gasteiger partial charge in [-0.15, -0.1) is 0 Å². The quantitative estimate of drug-likeness (QED) is 0.914. The number of aromatic nitrogens is 1. The van der Waals surface area contributed by atoms with E-state index in [1.165, 1.54) is 0 Å². The zero-order valence-electron chi connectivity index (χ0n) is 11.1. The van der Waals surface area contributed by atoms with E-state index in [4.69, 9.17) is 16.0 Å². The maximum atomic E-state index is 6.15. The number of likely N-dealkylation sites (N-methyl/N-ethyl adjacent to an activating group) is 1. The minimum Gasteiger partial charge on any atom is -0.423 e. The van der Waals surface area contributed by atoms with E-state index in [1.807, 2.05) is 19.2 Å². The molecule has 3 rings (SSSR count). The molecule has 1 aromatic carbocycles. The molecule has 0 radical (unpaired) electrons. The molecule has 1 saturated heterocycles. The summed E-state index contributed by atoms with van der Waals surface area (Å²) in [7, 11) is 3.97. The summed E-state index contributed by atoms with van der Waals surface area (Å²) in [5, 5.41) is 3.70. The van der Waals surface area contributed by atoms with Crippen LogP contribution in [0.5, 0.6) is 0 Å². The summed E-state index contributed by atoms with van der Waals surface area (Å²) < 4.78 is 5.84. The van der Waals surface area contributed by atoms with Crippen LogP contribution in [0.4, 0.5) is 11.7 Å². The molecule has 5 nitrogen and oxygen atoms in total. The number of hydrogen-bond donors (Lipinski definition) is 1. The minimum atomic E-state index is 0.660. The third kappa shape index (κ3) is 2.35. The van der Waals surface area contributed by atoms with Crippen LogP contribution in [0.15, 0.2) is 16.5 Å². The molecule has 0 atom stereocenters. The zero-order valence-corrected chi connectivity index (χ0v) is 11.9. The van der Waals surface area contributed by atoms with Gasteiger partial charge in [0.1, 0.15) is 5.52 Å². The Hall–Kier alpha value is -1.46. The molecule has 2 heterocycles. The van der Waals surface area contributed by atoms with Crippen LogP contribution in [0.2, 0.25) is 5.02 Å². The van der Waals surface area contributed by atoms with Crippen LogP contribution in [-0.2, 0) is 0 Å². The third-order valence-corrected chi connectivity index (χ3v) is 3.82. The molecule has 0 aliphatic carbocycles. The van der Waals surface area contributed by atoms with Crippen LogP contribution in [0, 0.1) is 0 Å². The summed E-state index contributed by atoms with van der Waals surface area (Å²) in [6.45, 7) is 3.94. The third-order valence-electron chi connectivity index (χ3n) is 3.51. The fourth-order valence-electron chi connectivity index (χ4n) is 2.26. The van der Waals surface area contributed by atoms with Crippen LogP contribution in [0.25, 0.3) is 11.1 Å². The van der Waals surface area contributed by atoms with Gasteiger partial charge in [0.25, 0.3) is 6.01 Å². The molecule has 0 unspecified atom stereocenters. The molecule has 0 spiro atoms. The average Bonchev–Trinajstić information content (AvgIpc) is 2.81. The monoisotopic (exact) mass is 280 g/mol. The van der Waals surface area contributed by atoms with Crippen molar-refractivity contribution >= 4 is 34.4 Å². The summed E-state index contributed by atoms with van der Waals surface area (Å²) in [5.74, 6) is 0. The molecule has 1 N–H and O–H groups in total. The Balaban J connectivity index is 1.93. The molecule has 1 aliphatic heterocycles. The Bertz CT molecular complexity index is 590. The van der Waals surface area contributed by atoms with E-state index < -0.39 is 0 Å². The second-order valence-corrected chi connectivity index (χ2v) is 5.24. The molecule has 0 saturated carbocycles. The minimum absolute atomic E-state index is 0.660. The number of nitrogens with one attached hydrogen (secondary N) is 1. The lowest BCUT2D eigenvalue weighted by molar-refractivity contribution is 0.305. The van der Waals surface area contributed by atoms with Crippen molar-refractivity contribution in [3.8, 4) is 0 Å². The lowest BCUT2D eigenvalue weighted by atomic mass is 10.3. The van der Waals surface area contributed by atoms with Gasteiger partial charge in [-0.2, -0.15) is 4.98 Å². The molecule has 6 heteroatoms. The van der Waals surface area contributed by atoms with Gasteiger partial charge in [0, 0.05) is 39.3 Å². The highest BCUT2D eigenvalue weighted by Crippen LogP contribution is 2.30. The fourth-order valence-corrected chi connectivity index (χ4v) is 2.51. The zero-order chi connectivity index (χ0) is 13.4. The highest BCUT2D eigenvalue weighted by molar-refractivity contribution is 6.34. The summed E-state index contributed by atoms with van der Waals surface area (Å²) in [5.41, 5.74) is 2.43. The number of hydrogen-bond acceptors (Lipinski definition) is 5. The van der Waals surface area contributed by atoms with Gasteiger partial charge in [-0.05, 0) is 13.1 Å². The maximum Gasteiger partial charge on any atom is 0.298 e. The number of benzene rings is 1. The second-order valence-electron chi connectivity index (χ2n) is 4.84. The smallest absolute Gasteiger partial charge is 0.298 e. The molecular weight excluding hydrogens is 264 g/mol. The van der Waals surface area contributed by atoms with Crippen LogP contribution in [0.1, 0.15) is 0 Å². The predicted molar refractivity (Wildman–Crippen MR) is 78.3 cm³/mol. The molecule has 2 aromatic rings. The number of rotatable bonds is 2. The van der Waals surface area contributed by atoms with Crippen molar-refractivity contribution in [1.29, 1.82) is 0 Å². The number of anilines is 2. The van der Waals surface area contributed by atoms with Gasteiger partial charge in [-0.1, -0.05) is 11.6 Å². The van der Waals surface area contributed by atoms with Gasteiger partial charge < -0.3 is 19.5 Å². The topological polar surface area (TPSA) is 44.5 Å². The van der Waals surface area contributed by atoms with Crippen molar-refractivity contribution in [3.63, 3.8) is 0 Å². The molecular formula is C13H17ClN4O. The van der Waals surface area contributed by atoms with Crippen LogP contribution >= 0.6 is 11.6 Å². The molecule has 1 aliphatic rings. The van der Waals surface area contributed by atoms with Gasteiger partial charge in [0.05, 0.1) is 10.7 Å². The van der Waals surface area contributed by atoms with Gasteiger partial charge in [0.15, 0.2) is 5.58 Å². The summed E-state index contributed by atoms with van der Waals surface area (Å²) >= 11 is 6.15. The highest BCUT2D eigenvalue weighted by atomic mass is 35.5. The van der Waals surface area contributed by atoms with E-state index >= 15 is 0 Å². The van der Waals surface area contributed by atoms with Crippen molar-refractivity contribution in [2.45, 2.75) is 0 Å². The summed E-state index contributed by atoms with van der Waals surface area (Å²) in [4.78, 5) is 9.00. The van der Waals surface area contributed by atoms with Crippen molar-refractivity contribution < 1.29 is 4.42 Å².